The number of hydrogen-bond donors (Lipinski definition) is 2. The molecule has 2 aromatic rings. The fourth-order valence-electron chi connectivity index (χ4n) is 2.56. The number of aromatic nitrogens is 2. The molecule has 1 unspecified atom stereocenters. The number of fused-ring (bicyclic) bond motifs is 1. The average molecular weight is 308 g/mol. The molecule has 20 heavy (non-hydrogen) atoms. The van der Waals surface area contributed by atoms with Gasteiger partial charge in [0, 0.05) is 41.4 Å². The highest BCUT2D eigenvalue weighted by Crippen LogP contribution is 2.35. The first kappa shape index (κ1) is 14.1. The van der Waals surface area contributed by atoms with Crippen molar-refractivity contribution in [2.45, 2.75) is 31.1 Å². The maximum Gasteiger partial charge on any atom is 0.108 e. The Kier molecular flexibility index (Phi) is 4.45. The Balaban J connectivity index is 1.70. The van der Waals surface area contributed by atoms with Crippen LogP contribution >= 0.6 is 23.1 Å². The highest BCUT2D eigenvalue weighted by Gasteiger charge is 2.19. The van der Waals surface area contributed by atoms with Gasteiger partial charge in [-0.1, -0.05) is 0 Å². The summed E-state index contributed by atoms with van der Waals surface area (Å²) >= 11 is 3.95. The van der Waals surface area contributed by atoms with Gasteiger partial charge < -0.3 is 4.57 Å². The quantitative estimate of drug-likeness (QED) is 0.658. The fourth-order valence-corrected chi connectivity index (χ4v) is 5.03. The van der Waals surface area contributed by atoms with Crippen LogP contribution in [0.5, 0.6) is 0 Å². The Labute approximate surface area is 127 Å². The van der Waals surface area contributed by atoms with Crippen LogP contribution in [-0.2, 0) is 25.6 Å². The Morgan fingerprint density at radius 2 is 2.45 bits per heavy atom. The van der Waals surface area contributed by atoms with Gasteiger partial charge in [-0.2, -0.15) is 11.8 Å². The van der Waals surface area contributed by atoms with E-state index in [2.05, 4.69) is 21.0 Å². The molecule has 0 bridgehead atoms. The van der Waals surface area contributed by atoms with E-state index in [1.165, 1.54) is 22.6 Å². The van der Waals surface area contributed by atoms with Crippen molar-refractivity contribution < 1.29 is 0 Å². The minimum absolute atomic E-state index is 0.229. The summed E-state index contributed by atoms with van der Waals surface area (Å²) in [6.45, 7) is 0. The largest absolute Gasteiger partial charge is 0.338 e. The lowest BCUT2D eigenvalue weighted by Gasteiger charge is -2.13. The van der Waals surface area contributed by atoms with E-state index in [0.29, 0.717) is 0 Å². The van der Waals surface area contributed by atoms with Crippen molar-refractivity contribution in [3.8, 4) is 0 Å². The lowest BCUT2D eigenvalue weighted by molar-refractivity contribution is 0.513. The maximum absolute atomic E-state index is 5.76. The van der Waals surface area contributed by atoms with Crippen molar-refractivity contribution in [1.29, 1.82) is 0 Å². The molecule has 0 amide bonds. The highest BCUT2D eigenvalue weighted by atomic mass is 32.2. The van der Waals surface area contributed by atoms with Crippen LogP contribution in [0.4, 0.5) is 0 Å². The summed E-state index contributed by atoms with van der Waals surface area (Å²) in [5.41, 5.74) is 4.49. The molecule has 0 spiro atoms. The van der Waals surface area contributed by atoms with Crippen LogP contribution in [-0.4, -0.2) is 15.3 Å². The molecule has 6 heteroatoms. The monoisotopic (exact) mass is 308 g/mol. The summed E-state index contributed by atoms with van der Waals surface area (Å²) in [6, 6.07) is 2.57. The highest BCUT2D eigenvalue weighted by molar-refractivity contribution is 7.98. The standard InChI is InChI=1S/C14H20N4S2/c1-18-6-5-16-14(18)3-2-11(17-15)13-8-10-9-19-7-4-12(10)20-13/h5-6,8,11,17H,2-4,7,9,15H2,1H3. The smallest absolute Gasteiger partial charge is 0.108 e. The van der Waals surface area contributed by atoms with Crippen molar-refractivity contribution in [3.63, 3.8) is 0 Å². The first-order valence-electron chi connectivity index (χ1n) is 6.89. The minimum Gasteiger partial charge on any atom is -0.338 e. The van der Waals surface area contributed by atoms with E-state index in [1.807, 2.05) is 42.5 Å². The molecule has 0 aromatic carbocycles. The minimum atomic E-state index is 0.229. The molecule has 108 valence electrons. The third-order valence-electron chi connectivity index (χ3n) is 3.77. The molecular weight excluding hydrogens is 288 g/mol. The molecule has 1 aliphatic rings. The van der Waals surface area contributed by atoms with Gasteiger partial charge in [-0.05, 0) is 30.2 Å². The molecule has 3 rings (SSSR count). The molecular formula is C14H20N4S2. The van der Waals surface area contributed by atoms with E-state index in [0.717, 1.165) is 24.4 Å². The van der Waals surface area contributed by atoms with Crippen LogP contribution in [0.1, 0.15) is 33.6 Å². The number of hydrogen-bond acceptors (Lipinski definition) is 5. The predicted molar refractivity (Wildman–Crippen MR) is 85.8 cm³/mol. The van der Waals surface area contributed by atoms with Crippen molar-refractivity contribution in [2.24, 2.45) is 12.9 Å². The average Bonchev–Trinajstić information content (AvgIpc) is 3.06. The second kappa shape index (κ2) is 6.30. The van der Waals surface area contributed by atoms with Crippen molar-refractivity contribution in [1.82, 2.24) is 15.0 Å². The van der Waals surface area contributed by atoms with E-state index in [9.17, 15) is 0 Å². The lowest BCUT2D eigenvalue weighted by atomic mass is 10.1. The fraction of sp³-hybridized carbons (Fsp3) is 0.500. The Morgan fingerprint density at radius 3 is 3.15 bits per heavy atom. The third-order valence-corrected chi connectivity index (χ3v) is 6.13. The van der Waals surface area contributed by atoms with Crippen LogP contribution < -0.4 is 11.3 Å². The van der Waals surface area contributed by atoms with Gasteiger partial charge in [-0.25, -0.2) is 4.98 Å². The topological polar surface area (TPSA) is 55.9 Å². The number of thioether (sulfide) groups is 1. The summed E-state index contributed by atoms with van der Waals surface area (Å²) < 4.78 is 2.07. The molecule has 0 fully saturated rings. The number of rotatable bonds is 5. The molecule has 0 saturated heterocycles. The zero-order chi connectivity index (χ0) is 13.9. The normalized spacial score (nSPS) is 16.1. The van der Waals surface area contributed by atoms with Crippen LogP contribution in [0, 0.1) is 0 Å². The van der Waals surface area contributed by atoms with E-state index < -0.39 is 0 Å². The number of thiophene rings is 1. The number of aryl methyl sites for hydroxylation is 3. The molecule has 4 nitrogen and oxygen atoms in total. The van der Waals surface area contributed by atoms with Crippen molar-refractivity contribution in [2.75, 3.05) is 5.75 Å². The predicted octanol–water partition coefficient (Wildman–Crippen LogP) is 2.41. The number of nitrogens with one attached hydrogen (secondary N) is 1. The molecule has 2 aromatic heterocycles. The number of imidazole rings is 1. The van der Waals surface area contributed by atoms with Gasteiger partial charge in [0.15, 0.2) is 0 Å². The van der Waals surface area contributed by atoms with E-state index >= 15 is 0 Å². The van der Waals surface area contributed by atoms with Gasteiger partial charge in [0.25, 0.3) is 0 Å². The molecule has 1 aliphatic heterocycles. The Hall–Kier alpha value is -0.820. The van der Waals surface area contributed by atoms with Crippen LogP contribution in [0.3, 0.4) is 0 Å². The first-order valence-corrected chi connectivity index (χ1v) is 8.86. The first-order chi connectivity index (χ1) is 9.78. The van der Waals surface area contributed by atoms with Crippen molar-refractivity contribution in [3.05, 3.63) is 39.6 Å². The van der Waals surface area contributed by atoms with Gasteiger partial charge >= 0.3 is 0 Å². The molecule has 0 radical (unpaired) electrons. The number of nitrogens with zero attached hydrogens (tertiary/aromatic N) is 2. The van der Waals surface area contributed by atoms with Gasteiger partial charge in [0.1, 0.15) is 5.82 Å². The third kappa shape index (κ3) is 2.93. The molecule has 0 aliphatic carbocycles. The van der Waals surface area contributed by atoms with Gasteiger partial charge in [-0.15, -0.1) is 11.3 Å². The number of hydrazine groups is 1. The maximum atomic E-state index is 5.76. The Bertz CT molecular complexity index is 552. The van der Waals surface area contributed by atoms with E-state index in [-0.39, 0.29) is 6.04 Å². The zero-order valence-corrected chi connectivity index (χ0v) is 13.3. The van der Waals surface area contributed by atoms with Gasteiger partial charge in [-0.3, -0.25) is 11.3 Å². The van der Waals surface area contributed by atoms with Crippen LogP contribution in [0.25, 0.3) is 0 Å². The Morgan fingerprint density at radius 1 is 1.55 bits per heavy atom. The van der Waals surface area contributed by atoms with Gasteiger partial charge in [0.2, 0.25) is 0 Å². The second-order valence-corrected chi connectivity index (χ2v) is 7.39. The van der Waals surface area contributed by atoms with E-state index in [4.69, 9.17) is 5.84 Å². The SMILES string of the molecule is Cn1ccnc1CCC(NN)c1cc2c(s1)CCSC2. The number of nitrogens with two attached hydrogens (primary N) is 1. The van der Waals surface area contributed by atoms with Crippen LogP contribution in [0.2, 0.25) is 0 Å². The van der Waals surface area contributed by atoms with E-state index in [1.54, 1.807) is 4.88 Å². The molecule has 1 atom stereocenters. The molecule has 0 saturated carbocycles. The van der Waals surface area contributed by atoms with Crippen LogP contribution in [0.15, 0.2) is 18.5 Å². The molecule has 3 N–H and O–H groups in total. The second-order valence-electron chi connectivity index (χ2n) is 5.11. The summed E-state index contributed by atoms with van der Waals surface area (Å²) in [5, 5.41) is 0. The molecule has 3 heterocycles. The zero-order valence-electron chi connectivity index (χ0n) is 11.6. The summed E-state index contributed by atoms with van der Waals surface area (Å²) in [7, 11) is 2.04. The summed E-state index contributed by atoms with van der Waals surface area (Å²) in [5.74, 6) is 9.28. The lowest BCUT2D eigenvalue weighted by Crippen LogP contribution is -2.28. The summed E-state index contributed by atoms with van der Waals surface area (Å²) in [4.78, 5) is 7.30. The van der Waals surface area contributed by atoms with Gasteiger partial charge in [0.05, 0.1) is 6.04 Å². The van der Waals surface area contributed by atoms with Crippen molar-refractivity contribution >= 4 is 23.1 Å². The summed E-state index contributed by atoms with van der Waals surface area (Å²) in [6.07, 6.45) is 6.97.